The topological polar surface area (TPSA) is 82.1 Å². The molecule has 1 aromatic carbocycles. The van der Waals surface area contributed by atoms with Gasteiger partial charge in [-0.2, -0.15) is 0 Å². The number of ether oxygens (including phenoxy) is 2. The molecule has 5 rings (SSSR count). The molecule has 1 saturated heterocycles. The molecule has 4 aromatic rings. The lowest BCUT2D eigenvalue weighted by Crippen LogP contribution is -2.36. The van der Waals surface area contributed by atoms with Crippen molar-refractivity contribution in [3.05, 3.63) is 76.9 Å². The van der Waals surface area contributed by atoms with Gasteiger partial charge in [0.25, 0.3) is 5.91 Å². The van der Waals surface area contributed by atoms with Crippen LogP contribution in [0.4, 0.5) is 0 Å². The molecule has 1 atom stereocenters. The van der Waals surface area contributed by atoms with Crippen molar-refractivity contribution in [1.82, 2.24) is 14.3 Å². The molecule has 0 saturated carbocycles. The van der Waals surface area contributed by atoms with Gasteiger partial charge in [0.2, 0.25) is 0 Å². The van der Waals surface area contributed by atoms with Gasteiger partial charge in [0.15, 0.2) is 0 Å². The second-order valence-electron chi connectivity index (χ2n) is 8.09. The Morgan fingerprint density at radius 3 is 2.82 bits per heavy atom. The molecule has 0 bridgehead atoms. The minimum Gasteiger partial charge on any atom is -0.484 e. The Morgan fingerprint density at radius 1 is 1.21 bits per heavy atom. The highest BCUT2D eigenvalue weighted by atomic mass is 32.1. The molecule has 1 amide bonds. The molecule has 8 heteroatoms. The number of primary amides is 1. The largest absolute Gasteiger partial charge is 0.484 e. The summed E-state index contributed by atoms with van der Waals surface area (Å²) < 4.78 is 13.8. The third-order valence-electron chi connectivity index (χ3n) is 5.89. The van der Waals surface area contributed by atoms with E-state index in [-0.39, 0.29) is 6.10 Å². The normalized spacial score (nSPS) is 15.5. The fourth-order valence-corrected chi connectivity index (χ4v) is 5.15. The highest BCUT2D eigenvalue weighted by Crippen LogP contribution is 2.38. The summed E-state index contributed by atoms with van der Waals surface area (Å²) in [5.41, 5.74) is 9.76. The van der Waals surface area contributed by atoms with Crippen LogP contribution in [0.2, 0.25) is 0 Å². The Bertz CT molecular complexity index is 1280. The van der Waals surface area contributed by atoms with E-state index in [0.29, 0.717) is 10.6 Å². The molecule has 1 aliphatic rings. The maximum absolute atomic E-state index is 12.2. The predicted octanol–water partition coefficient (Wildman–Crippen LogP) is 4.13. The molecule has 2 N–H and O–H groups in total. The fraction of sp³-hybridized carbons (Fsp3) is 0.280. The van der Waals surface area contributed by atoms with Crippen LogP contribution in [-0.4, -0.2) is 46.5 Å². The number of thiophene rings is 1. The van der Waals surface area contributed by atoms with Gasteiger partial charge in [-0.15, -0.1) is 11.3 Å². The number of nitrogens with two attached hydrogens (primary N) is 1. The third kappa shape index (κ3) is 4.50. The van der Waals surface area contributed by atoms with Gasteiger partial charge in [-0.1, -0.05) is 30.3 Å². The first-order valence-electron chi connectivity index (χ1n) is 11.0. The molecular weight excluding hydrogens is 436 g/mol. The fourth-order valence-electron chi connectivity index (χ4n) is 4.20. The van der Waals surface area contributed by atoms with Crippen molar-refractivity contribution in [2.75, 3.05) is 26.3 Å². The lowest BCUT2D eigenvalue weighted by atomic mass is 10.0. The van der Waals surface area contributed by atoms with Crippen molar-refractivity contribution in [1.29, 1.82) is 0 Å². The van der Waals surface area contributed by atoms with E-state index in [1.807, 2.05) is 53.9 Å². The van der Waals surface area contributed by atoms with Crippen LogP contribution < -0.4 is 10.5 Å². The van der Waals surface area contributed by atoms with Gasteiger partial charge in [-0.05, 0) is 30.2 Å². The highest BCUT2D eigenvalue weighted by molar-refractivity contribution is 7.17. The molecule has 33 heavy (non-hydrogen) atoms. The summed E-state index contributed by atoms with van der Waals surface area (Å²) in [6.45, 7) is 6.21. The molecule has 0 aliphatic carbocycles. The number of benzene rings is 1. The smallest absolute Gasteiger partial charge is 0.262 e. The first-order chi connectivity index (χ1) is 16.1. The molecule has 7 nitrogen and oxygen atoms in total. The van der Waals surface area contributed by atoms with E-state index in [2.05, 4.69) is 22.0 Å². The van der Waals surface area contributed by atoms with Gasteiger partial charge in [-0.3, -0.25) is 14.1 Å². The molecule has 170 valence electrons. The number of hydrogen-bond donors (Lipinski definition) is 1. The Kier molecular flexibility index (Phi) is 6.13. The standard InChI is InChI=1S/C25H26N4O3S/c1-17(19-7-3-2-6-18(19)16-28-10-12-31-13-11-28)32-21-14-22(33-24(21)25(26)30)20-15-27-23-8-4-5-9-29(20)23/h2-9,14-15,17H,10-13,16H2,1H3,(H2,26,30). The lowest BCUT2D eigenvalue weighted by molar-refractivity contribution is 0.0338. The molecule has 1 unspecified atom stereocenters. The first-order valence-corrected chi connectivity index (χ1v) is 11.8. The Labute approximate surface area is 196 Å². The van der Waals surface area contributed by atoms with Crippen molar-refractivity contribution in [3.63, 3.8) is 0 Å². The Morgan fingerprint density at radius 2 is 2.00 bits per heavy atom. The minimum atomic E-state index is -0.496. The number of carbonyl (C=O) groups excluding carboxylic acids is 1. The molecule has 3 aromatic heterocycles. The number of amides is 1. The molecule has 1 aliphatic heterocycles. The SMILES string of the molecule is CC(Oc1cc(-c2cnc3ccccn23)sc1C(N)=O)c1ccccc1CN1CCOCC1. The first kappa shape index (κ1) is 21.6. The lowest BCUT2D eigenvalue weighted by Gasteiger charge is -2.28. The summed E-state index contributed by atoms with van der Waals surface area (Å²) in [5.74, 6) is 0.00549. The monoisotopic (exact) mass is 462 g/mol. The van der Waals surface area contributed by atoms with Crippen LogP contribution in [0, 0.1) is 0 Å². The van der Waals surface area contributed by atoms with Crippen molar-refractivity contribution >= 4 is 22.9 Å². The van der Waals surface area contributed by atoms with E-state index in [4.69, 9.17) is 15.2 Å². The van der Waals surface area contributed by atoms with E-state index in [9.17, 15) is 4.79 Å². The number of pyridine rings is 1. The van der Waals surface area contributed by atoms with Crippen LogP contribution in [0.5, 0.6) is 5.75 Å². The van der Waals surface area contributed by atoms with Crippen molar-refractivity contribution < 1.29 is 14.3 Å². The molecular formula is C25H26N4O3S. The van der Waals surface area contributed by atoms with E-state index < -0.39 is 5.91 Å². The van der Waals surface area contributed by atoms with Crippen molar-refractivity contribution in [3.8, 4) is 16.3 Å². The average molecular weight is 463 g/mol. The zero-order valence-electron chi connectivity index (χ0n) is 18.4. The molecule has 1 fully saturated rings. The van der Waals surface area contributed by atoms with Gasteiger partial charge in [0.1, 0.15) is 22.4 Å². The van der Waals surface area contributed by atoms with Gasteiger partial charge in [0, 0.05) is 31.9 Å². The highest BCUT2D eigenvalue weighted by Gasteiger charge is 2.22. The maximum Gasteiger partial charge on any atom is 0.262 e. The van der Waals surface area contributed by atoms with Gasteiger partial charge in [0.05, 0.1) is 30.0 Å². The predicted molar refractivity (Wildman–Crippen MR) is 129 cm³/mol. The number of hydrogen-bond acceptors (Lipinski definition) is 6. The molecule has 0 spiro atoms. The molecule has 0 radical (unpaired) electrons. The van der Waals surface area contributed by atoms with E-state index in [1.54, 1.807) is 6.20 Å². The molecule has 4 heterocycles. The number of morpholine rings is 1. The van der Waals surface area contributed by atoms with E-state index >= 15 is 0 Å². The summed E-state index contributed by atoms with van der Waals surface area (Å²) >= 11 is 1.33. The van der Waals surface area contributed by atoms with Gasteiger partial charge in [-0.25, -0.2) is 4.98 Å². The maximum atomic E-state index is 12.2. The van der Waals surface area contributed by atoms with Crippen LogP contribution in [-0.2, 0) is 11.3 Å². The summed E-state index contributed by atoms with van der Waals surface area (Å²) in [6, 6.07) is 16.0. The second-order valence-corrected chi connectivity index (χ2v) is 9.14. The Balaban J connectivity index is 1.43. The number of carbonyl (C=O) groups is 1. The summed E-state index contributed by atoms with van der Waals surface area (Å²) in [4.78, 5) is 20.4. The number of fused-ring (bicyclic) bond motifs is 1. The zero-order valence-corrected chi connectivity index (χ0v) is 19.3. The number of nitrogens with zero attached hydrogens (tertiary/aromatic N) is 3. The second kappa shape index (κ2) is 9.35. The number of imidazole rings is 1. The van der Waals surface area contributed by atoms with Crippen LogP contribution in [0.25, 0.3) is 16.2 Å². The van der Waals surface area contributed by atoms with Crippen molar-refractivity contribution in [2.24, 2.45) is 5.73 Å². The third-order valence-corrected chi connectivity index (χ3v) is 7.04. The average Bonchev–Trinajstić information content (AvgIpc) is 3.44. The van der Waals surface area contributed by atoms with Crippen LogP contribution in [0.15, 0.2) is 60.9 Å². The van der Waals surface area contributed by atoms with Crippen LogP contribution in [0.3, 0.4) is 0 Å². The summed E-state index contributed by atoms with van der Waals surface area (Å²) in [7, 11) is 0. The van der Waals surface area contributed by atoms with Crippen LogP contribution in [0.1, 0.15) is 33.8 Å². The summed E-state index contributed by atoms with van der Waals surface area (Å²) in [6.07, 6.45) is 3.51. The van der Waals surface area contributed by atoms with Gasteiger partial charge >= 0.3 is 0 Å². The van der Waals surface area contributed by atoms with E-state index in [0.717, 1.165) is 54.6 Å². The number of rotatable bonds is 7. The van der Waals surface area contributed by atoms with Crippen LogP contribution >= 0.6 is 11.3 Å². The minimum absolute atomic E-state index is 0.245. The van der Waals surface area contributed by atoms with E-state index in [1.165, 1.54) is 16.9 Å². The quantitative estimate of drug-likeness (QED) is 0.447. The number of aromatic nitrogens is 2. The van der Waals surface area contributed by atoms with Crippen molar-refractivity contribution in [2.45, 2.75) is 19.6 Å². The Hall–Kier alpha value is -3.20. The zero-order chi connectivity index (χ0) is 22.8. The summed E-state index contributed by atoms with van der Waals surface area (Å²) in [5, 5.41) is 0. The van der Waals surface area contributed by atoms with Gasteiger partial charge < -0.3 is 15.2 Å².